The van der Waals surface area contributed by atoms with Crippen molar-refractivity contribution in [2.75, 3.05) is 19.7 Å². The van der Waals surface area contributed by atoms with E-state index in [9.17, 15) is 4.79 Å². The largest absolute Gasteiger partial charge is 0.395 e. The molecule has 0 aliphatic carbocycles. The van der Waals surface area contributed by atoms with Gasteiger partial charge < -0.3 is 10.4 Å². The van der Waals surface area contributed by atoms with Gasteiger partial charge in [-0.3, -0.25) is 4.79 Å². The highest BCUT2D eigenvalue weighted by molar-refractivity contribution is 7.78. The van der Waals surface area contributed by atoms with Gasteiger partial charge in [-0.05, 0) is 12.2 Å². The van der Waals surface area contributed by atoms with Crippen LogP contribution in [0.3, 0.4) is 0 Å². The molecule has 0 atom stereocenters. The fourth-order valence-corrected chi connectivity index (χ4v) is 0.420. The molecular formula is C5H8N2O2S. The minimum atomic E-state index is -0.258. The Morgan fingerprint density at radius 3 is 3.00 bits per heavy atom. The zero-order valence-electron chi connectivity index (χ0n) is 5.33. The maximum Gasteiger partial charge on any atom is 0.242 e. The molecule has 0 rings (SSSR count). The molecule has 1 amide bonds. The van der Waals surface area contributed by atoms with Gasteiger partial charge in [-0.2, -0.15) is 0 Å². The lowest BCUT2D eigenvalue weighted by atomic mass is 10.5. The SMILES string of the molecule is O=C(CN=C=S)NCCO. The van der Waals surface area contributed by atoms with Crippen molar-refractivity contribution in [2.24, 2.45) is 4.99 Å². The molecule has 0 spiro atoms. The third kappa shape index (κ3) is 5.37. The van der Waals surface area contributed by atoms with Crippen molar-refractivity contribution < 1.29 is 9.90 Å². The van der Waals surface area contributed by atoms with Crippen LogP contribution in [-0.4, -0.2) is 35.9 Å². The van der Waals surface area contributed by atoms with Gasteiger partial charge in [-0.1, -0.05) is 0 Å². The summed E-state index contributed by atoms with van der Waals surface area (Å²) in [4.78, 5) is 14.0. The Kier molecular flexibility index (Phi) is 5.86. The van der Waals surface area contributed by atoms with Gasteiger partial charge in [0.25, 0.3) is 0 Å². The molecule has 0 saturated carbocycles. The molecule has 0 aromatic heterocycles. The molecule has 0 aromatic rings. The fraction of sp³-hybridized carbons (Fsp3) is 0.600. The standard InChI is InChI=1S/C5H8N2O2S/c8-2-1-7-5(9)3-6-4-10/h8H,1-3H2,(H,7,9). The molecule has 0 heterocycles. The van der Waals surface area contributed by atoms with Crippen LogP contribution in [0.2, 0.25) is 0 Å². The highest BCUT2D eigenvalue weighted by Crippen LogP contribution is 1.67. The van der Waals surface area contributed by atoms with E-state index in [1.807, 2.05) is 0 Å². The van der Waals surface area contributed by atoms with E-state index in [1.54, 1.807) is 0 Å². The Morgan fingerprint density at radius 1 is 1.80 bits per heavy atom. The number of carbonyl (C=O) groups excluding carboxylic acids is 1. The summed E-state index contributed by atoms with van der Waals surface area (Å²) in [6.07, 6.45) is 0. The fourth-order valence-electron chi connectivity index (χ4n) is 0.355. The zero-order chi connectivity index (χ0) is 7.82. The van der Waals surface area contributed by atoms with Crippen LogP contribution in [0.4, 0.5) is 0 Å². The van der Waals surface area contributed by atoms with Gasteiger partial charge in [0.1, 0.15) is 6.54 Å². The van der Waals surface area contributed by atoms with Crippen LogP contribution in [0.1, 0.15) is 0 Å². The van der Waals surface area contributed by atoms with E-state index in [-0.39, 0.29) is 25.6 Å². The zero-order valence-corrected chi connectivity index (χ0v) is 6.15. The molecule has 2 N–H and O–H groups in total. The third-order valence-corrected chi connectivity index (χ3v) is 0.850. The van der Waals surface area contributed by atoms with Gasteiger partial charge in [0.05, 0.1) is 11.8 Å². The van der Waals surface area contributed by atoms with Crippen molar-refractivity contribution in [2.45, 2.75) is 0 Å². The molecule has 0 aliphatic rings. The molecule has 0 bridgehead atoms. The molecule has 0 radical (unpaired) electrons. The minimum absolute atomic E-state index is 0.0104. The first-order valence-corrected chi connectivity index (χ1v) is 3.13. The lowest BCUT2D eigenvalue weighted by molar-refractivity contribution is -0.119. The summed E-state index contributed by atoms with van der Waals surface area (Å²) >= 11 is 4.24. The molecule has 10 heavy (non-hydrogen) atoms. The van der Waals surface area contributed by atoms with E-state index in [0.29, 0.717) is 0 Å². The molecule has 0 aliphatic heterocycles. The number of hydrogen-bond donors (Lipinski definition) is 2. The van der Waals surface area contributed by atoms with Crippen molar-refractivity contribution in [3.05, 3.63) is 0 Å². The number of isothiocyanates is 1. The van der Waals surface area contributed by atoms with Gasteiger partial charge in [-0.25, -0.2) is 4.99 Å². The Bertz CT molecular complexity index is 154. The summed E-state index contributed by atoms with van der Waals surface area (Å²) < 4.78 is 0. The summed E-state index contributed by atoms with van der Waals surface area (Å²) in [5.41, 5.74) is 0. The van der Waals surface area contributed by atoms with Crippen molar-refractivity contribution in [3.63, 3.8) is 0 Å². The Hall–Kier alpha value is -0.770. The van der Waals surface area contributed by atoms with E-state index in [2.05, 4.69) is 27.7 Å². The number of amides is 1. The normalized spacial score (nSPS) is 8.10. The number of carbonyl (C=O) groups is 1. The average molecular weight is 160 g/mol. The van der Waals surface area contributed by atoms with Crippen molar-refractivity contribution in [1.82, 2.24) is 5.32 Å². The Balaban J connectivity index is 3.34. The second-order valence-corrected chi connectivity index (χ2v) is 1.66. The second kappa shape index (κ2) is 6.35. The van der Waals surface area contributed by atoms with Crippen molar-refractivity contribution >= 4 is 23.3 Å². The summed E-state index contributed by atoms with van der Waals surface area (Å²) in [6, 6.07) is 0. The summed E-state index contributed by atoms with van der Waals surface area (Å²) in [5, 5.41) is 12.7. The maximum absolute atomic E-state index is 10.6. The van der Waals surface area contributed by atoms with Crippen LogP contribution in [0, 0.1) is 0 Å². The van der Waals surface area contributed by atoms with Gasteiger partial charge in [0, 0.05) is 6.54 Å². The van der Waals surface area contributed by atoms with E-state index in [4.69, 9.17) is 5.11 Å². The van der Waals surface area contributed by atoms with Crippen LogP contribution in [0.5, 0.6) is 0 Å². The predicted molar refractivity (Wildman–Crippen MR) is 40.0 cm³/mol. The number of nitrogens with one attached hydrogen (secondary N) is 1. The van der Waals surface area contributed by atoms with E-state index < -0.39 is 0 Å². The summed E-state index contributed by atoms with van der Waals surface area (Å²) in [7, 11) is 0. The summed E-state index contributed by atoms with van der Waals surface area (Å²) in [5.74, 6) is -0.258. The van der Waals surface area contributed by atoms with Gasteiger partial charge in [-0.15, -0.1) is 0 Å². The van der Waals surface area contributed by atoms with Crippen LogP contribution in [0.15, 0.2) is 4.99 Å². The molecule has 4 nitrogen and oxygen atoms in total. The van der Waals surface area contributed by atoms with E-state index in [1.165, 1.54) is 0 Å². The first-order chi connectivity index (χ1) is 4.81. The summed E-state index contributed by atoms with van der Waals surface area (Å²) in [6.45, 7) is 0.183. The van der Waals surface area contributed by atoms with Gasteiger partial charge in [0.2, 0.25) is 5.91 Å². The molecule has 0 fully saturated rings. The third-order valence-electron chi connectivity index (χ3n) is 0.721. The van der Waals surface area contributed by atoms with Gasteiger partial charge in [0.15, 0.2) is 0 Å². The van der Waals surface area contributed by atoms with Gasteiger partial charge >= 0.3 is 0 Å². The average Bonchev–Trinajstić information content (AvgIpc) is 1.97. The number of aliphatic hydroxyl groups is 1. The Morgan fingerprint density at radius 2 is 2.50 bits per heavy atom. The lowest BCUT2D eigenvalue weighted by Gasteiger charge is -1.96. The molecule has 0 saturated heterocycles. The number of aliphatic imine (C=N–C) groups is 1. The lowest BCUT2D eigenvalue weighted by Crippen LogP contribution is -2.28. The smallest absolute Gasteiger partial charge is 0.242 e. The number of nitrogens with zero attached hydrogens (tertiary/aromatic N) is 1. The first kappa shape index (κ1) is 9.23. The monoisotopic (exact) mass is 160 g/mol. The maximum atomic E-state index is 10.6. The number of hydrogen-bond acceptors (Lipinski definition) is 4. The molecule has 5 heteroatoms. The van der Waals surface area contributed by atoms with Crippen molar-refractivity contribution in [3.8, 4) is 0 Å². The van der Waals surface area contributed by atoms with Crippen LogP contribution in [-0.2, 0) is 4.79 Å². The Labute approximate surface area is 64.0 Å². The highest BCUT2D eigenvalue weighted by Gasteiger charge is 1.94. The van der Waals surface area contributed by atoms with Crippen LogP contribution < -0.4 is 5.32 Å². The first-order valence-electron chi connectivity index (χ1n) is 2.72. The molecule has 0 aromatic carbocycles. The van der Waals surface area contributed by atoms with Crippen LogP contribution in [0.25, 0.3) is 0 Å². The topological polar surface area (TPSA) is 61.7 Å². The molecule has 0 unspecified atom stereocenters. The quantitative estimate of drug-likeness (QED) is 0.418. The minimum Gasteiger partial charge on any atom is -0.395 e. The van der Waals surface area contributed by atoms with E-state index in [0.717, 1.165) is 0 Å². The van der Waals surface area contributed by atoms with E-state index >= 15 is 0 Å². The number of thiocarbonyl (C=S) groups is 1. The second-order valence-electron chi connectivity index (χ2n) is 1.48. The number of aliphatic hydroxyl groups excluding tert-OH is 1. The molecular weight excluding hydrogens is 152 g/mol. The number of rotatable bonds is 4. The predicted octanol–water partition coefficient (Wildman–Crippen LogP) is -0.802. The van der Waals surface area contributed by atoms with Crippen LogP contribution >= 0.6 is 12.2 Å². The highest BCUT2D eigenvalue weighted by atomic mass is 32.1. The molecule has 56 valence electrons. The van der Waals surface area contributed by atoms with Crippen molar-refractivity contribution in [1.29, 1.82) is 0 Å².